The van der Waals surface area contributed by atoms with E-state index in [0.717, 1.165) is 18.5 Å². The third-order valence-corrected chi connectivity index (χ3v) is 4.19. The molecule has 0 unspecified atom stereocenters. The highest BCUT2D eigenvalue weighted by Gasteiger charge is 2.17. The summed E-state index contributed by atoms with van der Waals surface area (Å²) in [6, 6.07) is 14.0. The highest BCUT2D eigenvalue weighted by molar-refractivity contribution is 6.32. The molecule has 1 amide bonds. The molecule has 0 saturated carbocycles. The van der Waals surface area contributed by atoms with Crippen LogP contribution in [0.1, 0.15) is 31.9 Å². The smallest absolute Gasteiger partial charge is 0.258 e. The van der Waals surface area contributed by atoms with Crippen LogP contribution in [0.5, 0.6) is 11.5 Å². The molecule has 28 heavy (non-hydrogen) atoms. The second kappa shape index (κ2) is 10.3. The molecule has 2 aromatic rings. The highest BCUT2D eigenvalue weighted by atomic mass is 35.5. The number of carbonyl (C=O) groups is 1. The van der Waals surface area contributed by atoms with Crippen molar-refractivity contribution in [3.63, 3.8) is 0 Å². The number of hydrogen-bond acceptors (Lipinski definition) is 4. The molecule has 0 radical (unpaired) electrons. The topological polar surface area (TPSA) is 59.6 Å². The monoisotopic (exact) mass is 404 g/mol. The highest BCUT2D eigenvalue weighted by Crippen LogP contribution is 2.36. The number of rotatable bonds is 9. The van der Waals surface area contributed by atoms with Crippen molar-refractivity contribution in [2.24, 2.45) is 0 Å². The van der Waals surface area contributed by atoms with Gasteiger partial charge in [0.25, 0.3) is 5.91 Å². The Balaban J connectivity index is 1.91. The Morgan fingerprint density at radius 1 is 1.11 bits per heavy atom. The number of halogens is 1. The summed E-state index contributed by atoms with van der Waals surface area (Å²) in [7, 11) is 1.56. The van der Waals surface area contributed by atoms with Gasteiger partial charge in [0.1, 0.15) is 0 Å². The summed E-state index contributed by atoms with van der Waals surface area (Å²) in [5, 5.41) is 6.67. The Morgan fingerprint density at radius 2 is 1.82 bits per heavy atom. The molecular formula is C22H29ClN2O3. The Morgan fingerprint density at radius 3 is 2.46 bits per heavy atom. The third kappa shape index (κ3) is 7.41. The van der Waals surface area contributed by atoms with Crippen LogP contribution in [-0.2, 0) is 17.8 Å². The van der Waals surface area contributed by atoms with Crippen molar-refractivity contribution in [2.45, 2.75) is 39.3 Å². The van der Waals surface area contributed by atoms with Crippen molar-refractivity contribution in [1.82, 2.24) is 10.6 Å². The molecule has 2 rings (SSSR count). The van der Waals surface area contributed by atoms with Crippen molar-refractivity contribution < 1.29 is 14.3 Å². The Kier molecular flexibility index (Phi) is 8.15. The van der Waals surface area contributed by atoms with E-state index in [9.17, 15) is 4.79 Å². The number of methoxy groups -OCH3 is 1. The summed E-state index contributed by atoms with van der Waals surface area (Å²) in [6.07, 6.45) is 0.954. The molecule has 0 fully saturated rings. The Hall–Kier alpha value is -2.24. The molecule has 5 nitrogen and oxygen atoms in total. The lowest BCUT2D eigenvalue weighted by molar-refractivity contribution is -0.124. The number of carbonyl (C=O) groups excluding carboxylic acids is 1. The molecule has 0 aliphatic rings. The third-order valence-electron chi connectivity index (χ3n) is 3.91. The van der Waals surface area contributed by atoms with E-state index in [4.69, 9.17) is 21.1 Å². The first-order valence-corrected chi connectivity index (χ1v) is 9.71. The molecule has 2 aromatic carbocycles. The van der Waals surface area contributed by atoms with Gasteiger partial charge in [-0.25, -0.2) is 0 Å². The molecule has 152 valence electrons. The lowest BCUT2D eigenvalue weighted by atomic mass is 10.1. The zero-order valence-corrected chi connectivity index (χ0v) is 17.7. The Labute approximate surface area is 172 Å². The maximum atomic E-state index is 12.0. The minimum Gasteiger partial charge on any atom is -0.493 e. The Bertz CT molecular complexity index is 773. The maximum absolute atomic E-state index is 12.0. The first kappa shape index (κ1) is 22.1. The first-order chi connectivity index (χ1) is 13.3. The van der Waals surface area contributed by atoms with Crippen LogP contribution < -0.4 is 20.1 Å². The summed E-state index contributed by atoms with van der Waals surface area (Å²) in [6.45, 7) is 7.14. The van der Waals surface area contributed by atoms with Crippen LogP contribution in [0, 0.1) is 0 Å². The standard InChI is InChI=1S/C22H29ClN2O3/c1-22(2,3)25-20(26)15-28-21-18(23)12-17(13-19(21)27-4)14-24-11-10-16-8-6-5-7-9-16/h5-9,12-13,24H,10-11,14-15H2,1-4H3,(H,25,26). The molecule has 0 atom stereocenters. The van der Waals surface area contributed by atoms with Crippen LogP contribution in [0.4, 0.5) is 0 Å². The molecule has 0 aliphatic carbocycles. The quantitative estimate of drug-likeness (QED) is 0.621. The normalized spacial score (nSPS) is 11.2. The van der Waals surface area contributed by atoms with E-state index < -0.39 is 0 Å². The zero-order valence-electron chi connectivity index (χ0n) is 17.0. The summed E-state index contributed by atoms with van der Waals surface area (Å²) >= 11 is 6.37. The van der Waals surface area contributed by atoms with Gasteiger partial charge in [-0.05, 0) is 57.0 Å². The van der Waals surface area contributed by atoms with E-state index in [0.29, 0.717) is 23.1 Å². The van der Waals surface area contributed by atoms with Gasteiger partial charge in [-0.1, -0.05) is 41.9 Å². The molecule has 0 aliphatic heterocycles. The summed E-state index contributed by atoms with van der Waals surface area (Å²) < 4.78 is 11.0. The van der Waals surface area contributed by atoms with Crippen molar-refractivity contribution in [2.75, 3.05) is 20.3 Å². The van der Waals surface area contributed by atoms with Crippen molar-refractivity contribution in [3.8, 4) is 11.5 Å². The van der Waals surface area contributed by atoms with Crippen LogP contribution in [-0.4, -0.2) is 31.7 Å². The van der Waals surface area contributed by atoms with Crippen molar-refractivity contribution in [1.29, 1.82) is 0 Å². The fourth-order valence-electron chi connectivity index (χ4n) is 2.72. The van der Waals surface area contributed by atoms with E-state index in [2.05, 4.69) is 22.8 Å². The van der Waals surface area contributed by atoms with Gasteiger partial charge >= 0.3 is 0 Å². The van der Waals surface area contributed by atoms with Gasteiger partial charge < -0.3 is 20.1 Å². The predicted molar refractivity (Wildman–Crippen MR) is 113 cm³/mol. The molecule has 0 saturated heterocycles. The van der Waals surface area contributed by atoms with Gasteiger partial charge in [0.05, 0.1) is 12.1 Å². The van der Waals surface area contributed by atoms with E-state index in [1.807, 2.05) is 51.1 Å². The number of benzene rings is 2. The summed E-state index contributed by atoms with van der Waals surface area (Å²) in [4.78, 5) is 12.0. The molecule has 0 bridgehead atoms. The molecular weight excluding hydrogens is 376 g/mol. The molecule has 0 spiro atoms. The number of nitrogens with one attached hydrogen (secondary N) is 2. The van der Waals surface area contributed by atoms with Gasteiger partial charge in [-0.2, -0.15) is 0 Å². The van der Waals surface area contributed by atoms with Gasteiger partial charge in [-0.3, -0.25) is 4.79 Å². The lowest BCUT2D eigenvalue weighted by Crippen LogP contribution is -2.43. The largest absolute Gasteiger partial charge is 0.493 e. The van der Waals surface area contributed by atoms with Crippen LogP contribution in [0.3, 0.4) is 0 Å². The summed E-state index contributed by atoms with van der Waals surface area (Å²) in [5.41, 5.74) is 1.97. The minimum atomic E-state index is -0.316. The maximum Gasteiger partial charge on any atom is 0.258 e. The summed E-state index contributed by atoms with van der Waals surface area (Å²) in [5.74, 6) is 0.675. The number of amides is 1. The molecule has 6 heteroatoms. The fraction of sp³-hybridized carbons (Fsp3) is 0.409. The lowest BCUT2D eigenvalue weighted by Gasteiger charge is -2.21. The first-order valence-electron chi connectivity index (χ1n) is 9.33. The van der Waals surface area contributed by atoms with E-state index in [-0.39, 0.29) is 18.1 Å². The van der Waals surface area contributed by atoms with Crippen LogP contribution >= 0.6 is 11.6 Å². The second-order valence-corrected chi connectivity index (χ2v) is 8.02. The van der Waals surface area contributed by atoms with E-state index in [1.54, 1.807) is 7.11 Å². The van der Waals surface area contributed by atoms with Gasteiger partial charge in [0.2, 0.25) is 0 Å². The second-order valence-electron chi connectivity index (χ2n) is 7.61. The SMILES string of the molecule is COc1cc(CNCCc2ccccc2)cc(Cl)c1OCC(=O)NC(C)(C)C. The predicted octanol–water partition coefficient (Wildman–Crippen LogP) is 3.97. The van der Waals surface area contributed by atoms with Crippen LogP contribution in [0.25, 0.3) is 0 Å². The average molecular weight is 405 g/mol. The van der Waals surface area contributed by atoms with E-state index in [1.165, 1.54) is 5.56 Å². The van der Waals surface area contributed by atoms with Gasteiger partial charge in [0, 0.05) is 12.1 Å². The van der Waals surface area contributed by atoms with Crippen LogP contribution in [0.15, 0.2) is 42.5 Å². The van der Waals surface area contributed by atoms with Crippen LogP contribution in [0.2, 0.25) is 5.02 Å². The molecule has 0 heterocycles. The van der Waals surface area contributed by atoms with Gasteiger partial charge in [-0.15, -0.1) is 0 Å². The zero-order chi connectivity index (χ0) is 20.6. The fourth-order valence-corrected chi connectivity index (χ4v) is 3.01. The van der Waals surface area contributed by atoms with Crippen molar-refractivity contribution >= 4 is 17.5 Å². The molecule has 0 aromatic heterocycles. The average Bonchev–Trinajstić information content (AvgIpc) is 2.63. The molecule has 2 N–H and O–H groups in total. The van der Waals surface area contributed by atoms with Gasteiger partial charge in [0.15, 0.2) is 18.1 Å². The van der Waals surface area contributed by atoms with E-state index >= 15 is 0 Å². The minimum absolute atomic E-state index is 0.123. The van der Waals surface area contributed by atoms with Crippen molar-refractivity contribution in [3.05, 3.63) is 58.6 Å². The number of ether oxygens (including phenoxy) is 2. The number of hydrogen-bond donors (Lipinski definition) is 2.